The van der Waals surface area contributed by atoms with Crippen LogP contribution in [0.15, 0.2) is 42.5 Å². The number of carbonyl (C=O) groups is 7. The zero-order valence-corrected chi connectivity index (χ0v) is 34.3. The molecule has 0 aliphatic carbocycles. The van der Waals surface area contributed by atoms with Crippen LogP contribution in [0.3, 0.4) is 0 Å². The van der Waals surface area contributed by atoms with Crippen molar-refractivity contribution < 1.29 is 51.8 Å². The second kappa shape index (κ2) is 18.3. The minimum Gasteiger partial charge on any atom is -0.458 e. The Morgan fingerprint density at radius 2 is 1.59 bits per heavy atom. The molecule has 0 saturated carbocycles. The van der Waals surface area contributed by atoms with E-state index in [0.29, 0.717) is 18.2 Å². The van der Waals surface area contributed by atoms with Gasteiger partial charge in [-0.1, -0.05) is 6.92 Å². The highest BCUT2D eigenvalue weighted by Gasteiger charge is 2.47. The largest absolute Gasteiger partial charge is 0.458 e. The van der Waals surface area contributed by atoms with E-state index in [-0.39, 0.29) is 57.2 Å². The summed E-state index contributed by atoms with van der Waals surface area (Å²) < 4.78 is 41.0. The number of rotatable bonds is 6. The third kappa shape index (κ3) is 9.84. The van der Waals surface area contributed by atoms with Gasteiger partial charge in [0, 0.05) is 41.4 Å². The number of cyclic esters (lactones) is 1. The van der Waals surface area contributed by atoms with Gasteiger partial charge in [0.15, 0.2) is 0 Å². The van der Waals surface area contributed by atoms with E-state index >= 15 is 0 Å². The summed E-state index contributed by atoms with van der Waals surface area (Å²) in [6.07, 6.45) is -0.963. The average molecular weight is 922 g/mol. The van der Waals surface area contributed by atoms with Crippen LogP contribution in [0.1, 0.15) is 45.6 Å². The molecule has 4 N–H and O–H groups in total. The molecule has 16 nitrogen and oxygen atoms in total. The summed E-state index contributed by atoms with van der Waals surface area (Å²) in [7, 11) is 0. The van der Waals surface area contributed by atoms with Crippen LogP contribution < -0.4 is 21.3 Å². The minimum atomic E-state index is -1.64. The number of nitrogens with zero attached hydrogens (tertiary/aromatic N) is 3. The number of benzene rings is 2. The number of ether oxygens (including phenoxy) is 2. The third-order valence-corrected chi connectivity index (χ3v) is 11.5. The minimum absolute atomic E-state index is 0.0136. The van der Waals surface area contributed by atoms with Gasteiger partial charge in [0.05, 0.1) is 13.2 Å². The van der Waals surface area contributed by atoms with Crippen LogP contribution in [0.25, 0.3) is 0 Å². The van der Waals surface area contributed by atoms with E-state index in [1.54, 1.807) is 24.3 Å². The SMILES string of the molecule is C[C@H]1C[C@H]2C(=O)O[C@@H](C)[C@H](NC(=O)[C@H](Cc3cc(F)cc(F)c3)NC(=O)Nc3ccc(I)cc3)C(=O)N3CCC[C@H]3C(=O)N3CCOC[C@H]3C(=O)N[C@@H](C)C(=O)N2C1. The topological polar surface area (TPSA) is 196 Å². The van der Waals surface area contributed by atoms with Crippen molar-refractivity contribution >= 4 is 69.8 Å². The van der Waals surface area contributed by atoms with E-state index in [1.165, 1.54) is 28.5 Å². The predicted octanol–water partition coefficient (Wildman–Crippen LogP) is 1.69. The summed E-state index contributed by atoms with van der Waals surface area (Å²) >= 11 is 2.09. The Hall–Kier alpha value is -4.92. The van der Waals surface area contributed by atoms with Crippen LogP contribution in [-0.4, -0.2) is 131 Å². The molecule has 0 spiro atoms. The molecule has 8 atom stereocenters. The number of urea groups is 1. The van der Waals surface area contributed by atoms with Crippen molar-refractivity contribution in [2.24, 2.45) is 5.92 Å². The number of fused-ring (bicyclic) bond motifs is 3. The first-order chi connectivity index (χ1) is 27.6. The molecule has 0 bridgehead atoms. The Labute approximate surface area is 347 Å². The lowest BCUT2D eigenvalue weighted by atomic mass is 10.0. The summed E-state index contributed by atoms with van der Waals surface area (Å²) in [6.45, 7) is 5.00. The van der Waals surface area contributed by atoms with Gasteiger partial charge in [0.2, 0.25) is 29.5 Å². The van der Waals surface area contributed by atoms with Crippen LogP contribution >= 0.6 is 22.6 Å². The van der Waals surface area contributed by atoms with Gasteiger partial charge in [-0.15, -0.1) is 0 Å². The summed E-state index contributed by atoms with van der Waals surface area (Å²) in [6, 6.07) is 1.05. The molecular weight excluding hydrogens is 875 g/mol. The maximum atomic E-state index is 14.7. The fraction of sp³-hybridized carbons (Fsp3) is 0.513. The lowest BCUT2D eigenvalue weighted by Gasteiger charge is -2.39. The first-order valence-electron chi connectivity index (χ1n) is 19.2. The Morgan fingerprint density at radius 3 is 2.29 bits per heavy atom. The van der Waals surface area contributed by atoms with Gasteiger partial charge in [-0.2, -0.15) is 0 Å². The third-order valence-electron chi connectivity index (χ3n) is 10.8. The van der Waals surface area contributed by atoms with Gasteiger partial charge in [-0.3, -0.25) is 24.0 Å². The maximum absolute atomic E-state index is 14.7. The van der Waals surface area contributed by atoms with Gasteiger partial charge in [-0.25, -0.2) is 18.4 Å². The number of morpholine rings is 1. The standard InChI is InChI=1S/C39H46F2IN7O9/c1-20-13-30-38(55)58-22(3)32(46-33(50)28(16-23-14-24(40)17-25(41)15-23)45-39(56)44-27-8-6-26(42)7-9-27)37(54)47-10-4-5-29(47)36(53)48-11-12-57-19-31(48)34(51)43-21(2)35(52)49(30)18-20/h6-9,14-15,17,20-22,28-32H,4-5,10-13,16,18-19H2,1-3H3,(H,43,51)(H,46,50)(H2,44,45,56)/t20-,21-,22-,28-,29-,30-,31-,32-/m0/s1. The van der Waals surface area contributed by atoms with Gasteiger partial charge >= 0.3 is 12.0 Å². The molecule has 2 aromatic rings. The smallest absolute Gasteiger partial charge is 0.329 e. The highest BCUT2D eigenvalue weighted by Crippen LogP contribution is 2.28. The highest BCUT2D eigenvalue weighted by molar-refractivity contribution is 14.1. The Kier molecular flexibility index (Phi) is 13.5. The number of hydrogen-bond donors (Lipinski definition) is 4. The molecule has 4 saturated heterocycles. The molecule has 2 aromatic carbocycles. The summed E-state index contributed by atoms with van der Waals surface area (Å²) in [5.41, 5.74) is 0.398. The molecule has 4 fully saturated rings. The van der Waals surface area contributed by atoms with Crippen LogP contribution in [-0.2, 0) is 44.7 Å². The van der Waals surface area contributed by atoms with E-state index in [2.05, 4.69) is 43.9 Å². The highest BCUT2D eigenvalue weighted by atomic mass is 127. The number of amides is 7. The van der Waals surface area contributed by atoms with Crippen LogP contribution in [0.4, 0.5) is 19.3 Å². The number of halogens is 3. The van der Waals surface area contributed by atoms with Gasteiger partial charge in [0.1, 0.15) is 54.0 Å². The molecule has 4 aliphatic rings. The summed E-state index contributed by atoms with van der Waals surface area (Å²) in [4.78, 5) is 102. The molecule has 58 heavy (non-hydrogen) atoms. The normalized spacial score (nSPS) is 27.5. The van der Waals surface area contributed by atoms with E-state index in [0.717, 1.165) is 15.7 Å². The van der Waals surface area contributed by atoms with Crippen molar-refractivity contribution in [3.05, 3.63) is 63.2 Å². The lowest BCUT2D eigenvalue weighted by molar-refractivity contribution is -0.164. The monoisotopic (exact) mass is 921 g/mol. The second-order valence-electron chi connectivity index (χ2n) is 15.2. The van der Waals surface area contributed by atoms with Gasteiger partial charge < -0.3 is 45.4 Å². The van der Waals surface area contributed by atoms with Crippen LogP contribution in [0, 0.1) is 21.1 Å². The number of nitrogens with one attached hydrogen (secondary N) is 4. The Bertz CT molecular complexity index is 1920. The second-order valence-corrected chi connectivity index (χ2v) is 16.4. The van der Waals surface area contributed by atoms with E-state index in [4.69, 9.17) is 9.47 Å². The summed E-state index contributed by atoms with van der Waals surface area (Å²) in [5.74, 6) is -6.30. The zero-order valence-electron chi connectivity index (χ0n) is 32.2. The Morgan fingerprint density at radius 1 is 0.897 bits per heavy atom. The zero-order chi connectivity index (χ0) is 41.8. The number of anilines is 1. The van der Waals surface area contributed by atoms with Crippen molar-refractivity contribution in [3.8, 4) is 0 Å². The molecule has 312 valence electrons. The van der Waals surface area contributed by atoms with Crippen molar-refractivity contribution in [1.29, 1.82) is 0 Å². The van der Waals surface area contributed by atoms with E-state index in [9.17, 15) is 42.3 Å². The fourth-order valence-electron chi connectivity index (χ4n) is 7.87. The molecule has 6 rings (SSSR count). The van der Waals surface area contributed by atoms with Crippen LogP contribution in [0.5, 0.6) is 0 Å². The van der Waals surface area contributed by atoms with Crippen LogP contribution in [0.2, 0.25) is 0 Å². The first-order valence-corrected chi connectivity index (χ1v) is 20.3. The van der Waals surface area contributed by atoms with E-state index < -0.39 is 102 Å². The molecule has 19 heteroatoms. The molecule has 7 amide bonds. The van der Waals surface area contributed by atoms with Crippen molar-refractivity contribution in [3.63, 3.8) is 0 Å². The van der Waals surface area contributed by atoms with Crippen molar-refractivity contribution in [2.45, 2.75) is 88.8 Å². The molecule has 4 heterocycles. The van der Waals surface area contributed by atoms with Gasteiger partial charge in [0.25, 0.3) is 0 Å². The van der Waals surface area contributed by atoms with Gasteiger partial charge in [-0.05, 0) is 104 Å². The predicted molar refractivity (Wildman–Crippen MR) is 211 cm³/mol. The molecular formula is C39H46F2IN7O9. The number of esters is 1. The summed E-state index contributed by atoms with van der Waals surface area (Å²) in [5, 5.41) is 10.4. The Balaban J connectivity index is 1.34. The number of hydrogen-bond acceptors (Lipinski definition) is 9. The molecule has 0 radical (unpaired) electrons. The maximum Gasteiger partial charge on any atom is 0.329 e. The van der Waals surface area contributed by atoms with Crippen molar-refractivity contribution in [1.82, 2.24) is 30.7 Å². The molecule has 0 unspecified atom stereocenters. The number of carbonyl (C=O) groups excluding carboxylic acids is 7. The molecule has 0 aromatic heterocycles. The quantitative estimate of drug-likeness (QED) is 0.247. The van der Waals surface area contributed by atoms with Crippen molar-refractivity contribution in [2.75, 3.05) is 38.2 Å². The lowest BCUT2D eigenvalue weighted by Crippen LogP contribution is -2.64. The fourth-order valence-corrected chi connectivity index (χ4v) is 8.23. The van der Waals surface area contributed by atoms with E-state index in [1.807, 2.05) is 6.92 Å². The first kappa shape index (κ1) is 42.7. The average Bonchev–Trinajstić information content (AvgIpc) is 3.83. The molecule has 4 aliphatic heterocycles.